The number of amides is 4. The molecule has 3 aromatic rings. The molecule has 6 nitrogen and oxygen atoms in total. The van der Waals surface area contributed by atoms with Crippen LogP contribution in [-0.2, 0) is 22.6 Å². The van der Waals surface area contributed by atoms with Gasteiger partial charge in [0.1, 0.15) is 23.7 Å². The van der Waals surface area contributed by atoms with Crippen LogP contribution in [0.2, 0.25) is 5.02 Å². The number of halogens is 2. The lowest BCUT2D eigenvalue weighted by Crippen LogP contribution is -2.54. The molecule has 8 heteroatoms. The van der Waals surface area contributed by atoms with E-state index in [1.54, 1.807) is 36.4 Å². The summed E-state index contributed by atoms with van der Waals surface area (Å²) in [4.78, 5) is 39.0. The summed E-state index contributed by atoms with van der Waals surface area (Å²) >= 11 is 6.33. The van der Waals surface area contributed by atoms with Gasteiger partial charge in [-0.1, -0.05) is 54.9 Å². The maximum atomic E-state index is 13.3. The number of imide groups is 2. The summed E-state index contributed by atoms with van der Waals surface area (Å²) in [6, 6.07) is 17.0. The Bertz CT molecular complexity index is 1320. The Balaban J connectivity index is 1.58. The Kier molecular flexibility index (Phi) is 6.75. The first-order valence-corrected chi connectivity index (χ1v) is 10.9. The van der Waals surface area contributed by atoms with E-state index < -0.39 is 17.8 Å². The standard InChI is InChI=1S/C26H20ClFN2O4/c1-2-18-7-3-4-9-22(18)30-25(32)20(24(31)29-26(30)33)13-16-10-11-23(21(27)14-16)34-15-17-6-5-8-19(28)12-17/h3-14H,2,15H2,1H3,(H,29,31,33)/b20-13-. The number of benzene rings is 3. The summed E-state index contributed by atoms with van der Waals surface area (Å²) in [5.74, 6) is -1.51. The van der Waals surface area contributed by atoms with Crippen LogP contribution in [0.1, 0.15) is 23.6 Å². The predicted octanol–water partition coefficient (Wildman–Crippen LogP) is 5.29. The van der Waals surface area contributed by atoms with Gasteiger partial charge in [-0.15, -0.1) is 0 Å². The van der Waals surface area contributed by atoms with Crippen LogP contribution >= 0.6 is 11.6 Å². The zero-order chi connectivity index (χ0) is 24.2. The third-order valence-corrected chi connectivity index (χ3v) is 5.56. The van der Waals surface area contributed by atoms with Crippen LogP contribution in [0.15, 0.2) is 72.3 Å². The fraction of sp³-hybridized carbons (Fsp3) is 0.115. The van der Waals surface area contributed by atoms with Crippen molar-refractivity contribution >= 4 is 41.2 Å². The smallest absolute Gasteiger partial charge is 0.335 e. The lowest BCUT2D eigenvalue weighted by molar-refractivity contribution is -0.122. The minimum Gasteiger partial charge on any atom is -0.487 e. The predicted molar refractivity (Wildman–Crippen MR) is 127 cm³/mol. The molecule has 1 aliphatic heterocycles. The lowest BCUT2D eigenvalue weighted by atomic mass is 10.0. The topological polar surface area (TPSA) is 75.7 Å². The Hall–Kier alpha value is -3.97. The minimum absolute atomic E-state index is 0.118. The van der Waals surface area contributed by atoms with Gasteiger partial charge >= 0.3 is 6.03 Å². The maximum Gasteiger partial charge on any atom is 0.335 e. The molecule has 0 radical (unpaired) electrons. The highest BCUT2D eigenvalue weighted by molar-refractivity contribution is 6.39. The molecule has 4 rings (SSSR count). The van der Waals surface area contributed by atoms with Crippen molar-refractivity contribution in [2.75, 3.05) is 4.90 Å². The average molecular weight is 479 g/mol. The third kappa shape index (κ3) is 4.84. The molecule has 1 fully saturated rings. The lowest BCUT2D eigenvalue weighted by Gasteiger charge is -2.28. The first-order valence-electron chi connectivity index (χ1n) is 10.5. The van der Waals surface area contributed by atoms with E-state index in [1.165, 1.54) is 24.3 Å². The first-order chi connectivity index (χ1) is 16.4. The summed E-state index contributed by atoms with van der Waals surface area (Å²) in [7, 11) is 0. The Morgan fingerprint density at radius 1 is 1.03 bits per heavy atom. The van der Waals surface area contributed by atoms with Gasteiger partial charge < -0.3 is 4.74 Å². The van der Waals surface area contributed by atoms with Crippen LogP contribution in [0.3, 0.4) is 0 Å². The molecular formula is C26H20ClFN2O4. The summed E-state index contributed by atoms with van der Waals surface area (Å²) in [5.41, 5.74) is 2.13. The zero-order valence-electron chi connectivity index (χ0n) is 18.2. The van der Waals surface area contributed by atoms with Gasteiger partial charge in [0, 0.05) is 0 Å². The summed E-state index contributed by atoms with van der Waals surface area (Å²) in [6.07, 6.45) is 1.97. The number of ether oxygens (including phenoxy) is 1. The van der Waals surface area contributed by atoms with Crippen LogP contribution in [0, 0.1) is 5.82 Å². The van der Waals surface area contributed by atoms with E-state index in [2.05, 4.69) is 5.32 Å². The summed E-state index contributed by atoms with van der Waals surface area (Å²) in [6.45, 7) is 2.03. The van der Waals surface area contributed by atoms with Crippen molar-refractivity contribution in [3.8, 4) is 5.75 Å². The van der Waals surface area contributed by atoms with Crippen LogP contribution in [0.4, 0.5) is 14.9 Å². The highest BCUT2D eigenvalue weighted by atomic mass is 35.5. The molecule has 0 aromatic heterocycles. The second-order valence-corrected chi connectivity index (χ2v) is 7.96. The van der Waals surface area contributed by atoms with Crippen molar-refractivity contribution in [3.63, 3.8) is 0 Å². The summed E-state index contributed by atoms with van der Waals surface area (Å²) in [5, 5.41) is 2.47. The molecule has 1 N–H and O–H groups in total. The number of aryl methyl sites for hydroxylation is 1. The molecule has 0 bridgehead atoms. The second-order valence-electron chi connectivity index (χ2n) is 7.55. The fourth-order valence-corrected chi connectivity index (χ4v) is 3.83. The van der Waals surface area contributed by atoms with Crippen molar-refractivity contribution in [1.29, 1.82) is 0 Å². The maximum absolute atomic E-state index is 13.3. The van der Waals surface area contributed by atoms with E-state index in [-0.39, 0.29) is 23.0 Å². The Morgan fingerprint density at radius 2 is 1.82 bits per heavy atom. The molecule has 4 amide bonds. The van der Waals surface area contributed by atoms with E-state index in [0.29, 0.717) is 29.0 Å². The molecule has 0 unspecified atom stereocenters. The first kappa shape index (κ1) is 23.2. The SMILES string of the molecule is CCc1ccccc1N1C(=O)NC(=O)/C(=C/c2ccc(OCc3cccc(F)c3)c(Cl)c2)C1=O. The van der Waals surface area contributed by atoms with Gasteiger partial charge in [0.2, 0.25) is 0 Å². The molecule has 1 aliphatic rings. The number of nitrogens with one attached hydrogen (secondary N) is 1. The number of hydrogen-bond acceptors (Lipinski definition) is 4. The van der Waals surface area contributed by atoms with E-state index in [4.69, 9.17) is 16.3 Å². The van der Waals surface area contributed by atoms with Gasteiger partial charge in [-0.3, -0.25) is 14.9 Å². The fourth-order valence-electron chi connectivity index (χ4n) is 3.58. The molecule has 34 heavy (non-hydrogen) atoms. The molecule has 0 aliphatic carbocycles. The molecule has 1 saturated heterocycles. The molecule has 0 atom stereocenters. The molecule has 172 valence electrons. The van der Waals surface area contributed by atoms with Crippen LogP contribution in [0.5, 0.6) is 5.75 Å². The van der Waals surface area contributed by atoms with Crippen molar-refractivity contribution in [3.05, 3.63) is 99.8 Å². The van der Waals surface area contributed by atoms with Crippen LogP contribution in [-0.4, -0.2) is 17.8 Å². The van der Waals surface area contributed by atoms with E-state index in [1.807, 2.05) is 19.1 Å². The monoisotopic (exact) mass is 478 g/mol. The molecule has 0 spiro atoms. The minimum atomic E-state index is -0.799. The number of carbonyl (C=O) groups is 3. The van der Waals surface area contributed by atoms with Gasteiger partial charge in [-0.05, 0) is 59.5 Å². The number of carbonyl (C=O) groups excluding carboxylic acids is 3. The van der Waals surface area contributed by atoms with E-state index in [0.717, 1.165) is 10.5 Å². The van der Waals surface area contributed by atoms with Crippen LogP contribution in [0.25, 0.3) is 6.08 Å². The van der Waals surface area contributed by atoms with Crippen molar-refractivity contribution in [2.45, 2.75) is 20.0 Å². The number of para-hydroxylation sites is 1. The Morgan fingerprint density at radius 3 is 2.56 bits per heavy atom. The van der Waals surface area contributed by atoms with Gasteiger partial charge in [0.05, 0.1) is 10.7 Å². The highest BCUT2D eigenvalue weighted by Gasteiger charge is 2.37. The van der Waals surface area contributed by atoms with Gasteiger partial charge in [-0.2, -0.15) is 0 Å². The zero-order valence-corrected chi connectivity index (χ0v) is 18.9. The van der Waals surface area contributed by atoms with Crippen molar-refractivity contribution in [2.24, 2.45) is 0 Å². The van der Waals surface area contributed by atoms with E-state index in [9.17, 15) is 18.8 Å². The molecular weight excluding hydrogens is 459 g/mol. The van der Waals surface area contributed by atoms with Crippen molar-refractivity contribution in [1.82, 2.24) is 5.32 Å². The van der Waals surface area contributed by atoms with Crippen LogP contribution < -0.4 is 15.0 Å². The normalized spacial score (nSPS) is 15.0. The number of hydrogen-bond donors (Lipinski definition) is 1. The van der Waals surface area contributed by atoms with Gasteiger partial charge in [0.25, 0.3) is 11.8 Å². The largest absolute Gasteiger partial charge is 0.487 e. The average Bonchev–Trinajstić information content (AvgIpc) is 2.81. The highest BCUT2D eigenvalue weighted by Crippen LogP contribution is 2.29. The van der Waals surface area contributed by atoms with Crippen molar-refractivity contribution < 1.29 is 23.5 Å². The molecule has 0 saturated carbocycles. The molecule has 1 heterocycles. The number of rotatable bonds is 6. The third-order valence-electron chi connectivity index (χ3n) is 5.27. The number of anilines is 1. The number of urea groups is 1. The summed E-state index contributed by atoms with van der Waals surface area (Å²) < 4.78 is 19.0. The van der Waals surface area contributed by atoms with Gasteiger partial charge in [0.15, 0.2) is 0 Å². The Labute approximate surface area is 200 Å². The van der Waals surface area contributed by atoms with E-state index >= 15 is 0 Å². The quantitative estimate of drug-likeness (QED) is 0.386. The van der Waals surface area contributed by atoms with Gasteiger partial charge in [-0.25, -0.2) is 14.1 Å². The number of nitrogens with zero attached hydrogens (tertiary/aromatic N) is 1. The number of barbiturate groups is 1. The second kappa shape index (κ2) is 9.89. The molecule has 3 aromatic carbocycles.